The van der Waals surface area contributed by atoms with Gasteiger partial charge in [0, 0.05) is 5.69 Å². The fourth-order valence-corrected chi connectivity index (χ4v) is 2.19. The van der Waals surface area contributed by atoms with Gasteiger partial charge in [0.05, 0.1) is 10.1 Å². The molecule has 0 bridgehead atoms. The van der Waals surface area contributed by atoms with Crippen molar-refractivity contribution in [3.63, 3.8) is 0 Å². The zero-order chi connectivity index (χ0) is 11.5. The van der Waals surface area contributed by atoms with Crippen LogP contribution in [0.5, 0.6) is 0 Å². The molecule has 0 spiro atoms. The summed E-state index contributed by atoms with van der Waals surface area (Å²) in [7, 11) is -3.20. The first kappa shape index (κ1) is 12.0. The van der Waals surface area contributed by atoms with E-state index in [2.05, 4.69) is 5.32 Å². The number of nitrogens with one attached hydrogen (secondary N) is 1. The Balaban J connectivity index is 2.99. The molecule has 0 aromatic heterocycles. The highest BCUT2D eigenvalue weighted by molar-refractivity contribution is 7.92. The molecule has 0 aliphatic rings. The Morgan fingerprint density at radius 2 is 1.80 bits per heavy atom. The maximum Gasteiger partial charge on any atom is 0.180 e. The Labute approximate surface area is 89.9 Å². The third kappa shape index (κ3) is 2.70. The normalized spacial score (nSPS) is 11.7. The van der Waals surface area contributed by atoms with Crippen LogP contribution < -0.4 is 5.32 Å². The lowest BCUT2D eigenvalue weighted by Gasteiger charge is -2.08. The predicted octanol–water partition coefficient (Wildman–Crippen LogP) is 1.23. The lowest BCUT2D eigenvalue weighted by Crippen LogP contribution is -2.13. The van der Waals surface area contributed by atoms with Crippen LogP contribution in [0, 0.1) is 0 Å². The Morgan fingerprint density at radius 1 is 1.27 bits per heavy atom. The molecule has 0 aliphatic carbocycles. The number of benzene rings is 1. The van der Waals surface area contributed by atoms with Gasteiger partial charge in [-0.1, -0.05) is 0 Å². The third-order valence-corrected chi connectivity index (χ3v) is 4.26. The molecule has 5 heteroatoms. The Morgan fingerprint density at radius 3 is 2.20 bits per heavy atom. The zero-order valence-electron chi connectivity index (χ0n) is 8.77. The van der Waals surface area contributed by atoms with Gasteiger partial charge in [-0.2, -0.15) is 0 Å². The fraction of sp³-hybridized carbons (Fsp3) is 0.400. The van der Waals surface area contributed by atoms with E-state index in [0.29, 0.717) is 10.6 Å². The van der Waals surface area contributed by atoms with E-state index in [1.807, 2.05) is 0 Å². The van der Waals surface area contributed by atoms with Crippen LogP contribution in [0.25, 0.3) is 0 Å². The molecule has 0 fully saturated rings. The van der Waals surface area contributed by atoms with Crippen LogP contribution in [0.2, 0.25) is 0 Å². The summed E-state index contributed by atoms with van der Waals surface area (Å²) < 4.78 is 23.5. The molecule has 1 rings (SSSR count). The van der Waals surface area contributed by atoms with Crippen molar-refractivity contribution < 1.29 is 13.5 Å². The Hall–Kier alpha value is -1.07. The highest BCUT2D eigenvalue weighted by Crippen LogP contribution is 2.18. The Kier molecular flexibility index (Phi) is 3.71. The summed E-state index contributed by atoms with van der Waals surface area (Å²) in [5, 5.41) is 10.9. The lowest BCUT2D eigenvalue weighted by atomic mass is 10.3. The molecular weight excluding hydrogens is 214 g/mol. The van der Waals surface area contributed by atoms with Crippen LogP contribution in [-0.2, 0) is 9.84 Å². The molecule has 0 unspecified atom stereocenters. The van der Waals surface area contributed by atoms with Gasteiger partial charge in [-0.25, -0.2) is 8.42 Å². The van der Waals surface area contributed by atoms with Gasteiger partial charge in [0.1, 0.15) is 6.73 Å². The summed E-state index contributed by atoms with van der Waals surface area (Å²) in [4.78, 5) is 0.306. The van der Waals surface area contributed by atoms with Crippen molar-refractivity contribution in [2.24, 2.45) is 0 Å². The average Bonchev–Trinajstić information content (AvgIpc) is 2.19. The molecule has 0 heterocycles. The molecule has 1 aromatic carbocycles. The molecule has 0 amide bonds. The number of aliphatic hydroxyl groups is 1. The molecule has 15 heavy (non-hydrogen) atoms. The summed E-state index contributed by atoms with van der Waals surface area (Å²) in [6, 6.07) is 6.33. The van der Waals surface area contributed by atoms with Gasteiger partial charge in [0.25, 0.3) is 0 Å². The van der Waals surface area contributed by atoms with Gasteiger partial charge in [0.15, 0.2) is 9.84 Å². The van der Waals surface area contributed by atoms with E-state index in [9.17, 15) is 8.42 Å². The van der Waals surface area contributed by atoms with Crippen LogP contribution in [0.15, 0.2) is 29.2 Å². The van der Waals surface area contributed by atoms with Gasteiger partial charge in [-0.3, -0.25) is 0 Å². The summed E-state index contributed by atoms with van der Waals surface area (Å²) >= 11 is 0. The van der Waals surface area contributed by atoms with Crippen LogP contribution in [-0.4, -0.2) is 25.5 Å². The van der Waals surface area contributed by atoms with Gasteiger partial charge < -0.3 is 10.4 Å². The number of anilines is 1. The lowest BCUT2D eigenvalue weighted by molar-refractivity contribution is 0.325. The van der Waals surface area contributed by atoms with Crippen molar-refractivity contribution in [2.75, 3.05) is 12.0 Å². The zero-order valence-corrected chi connectivity index (χ0v) is 9.58. The molecule has 1 aromatic rings. The van der Waals surface area contributed by atoms with Gasteiger partial charge >= 0.3 is 0 Å². The van der Waals surface area contributed by atoms with Crippen molar-refractivity contribution in [2.45, 2.75) is 24.0 Å². The molecule has 0 saturated carbocycles. The number of rotatable bonds is 4. The van der Waals surface area contributed by atoms with E-state index in [1.54, 1.807) is 26.0 Å². The smallest absolute Gasteiger partial charge is 0.180 e. The van der Waals surface area contributed by atoms with E-state index in [-0.39, 0.29) is 6.73 Å². The summed E-state index contributed by atoms with van der Waals surface area (Å²) in [6.45, 7) is 3.13. The van der Waals surface area contributed by atoms with Crippen LogP contribution in [0.4, 0.5) is 5.69 Å². The molecule has 0 radical (unpaired) electrons. The minimum atomic E-state index is -3.20. The second-order valence-corrected chi connectivity index (χ2v) is 5.96. The van der Waals surface area contributed by atoms with E-state index in [0.717, 1.165) is 0 Å². The van der Waals surface area contributed by atoms with Crippen molar-refractivity contribution >= 4 is 15.5 Å². The average molecular weight is 229 g/mol. The Bertz CT molecular complexity index is 409. The molecular formula is C10H15NO3S. The number of sulfone groups is 1. The van der Waals surface area contributed by atoms with E-state index in [1.165, 1.54) is 12.1 Å². The first-order valence-corrected chi connectivity index (χ1v) is 6.22. The van der Waals surface area contributed by atoms with Gasteiger partial charge in [-0.15, -0.1) is 0 Å². The highest BCUT2D eigenvalue weighted by atomic mass is 32.2. The largest absolute Gasteiger partial charge is 0.377 e. The van der Waals surface area contributed by atoms with Crippen LogP contribution >= 0.6 is 0 Å². The minimum Gasteiger partial charge on any atom is -0.377 e. The van der Waals surface area contributed by atoms with E-state index < -0.39 is 15.1 Å². The molecule has 4 nitrogen and oxygen atoms in total. The summed E-state index contributed by atoms with van der Waals surface area (Å²) in [5.74, 6) is 0. The van der Waals surface area contributed by atoms with Crippen molar-refractivity contribution in [3.8, 4) is 0 Å². The van der Waals surface area contributed by atoms with E-state index in [4.69, 9.17) is 5.11 Å². The maximum absolute atomic E-state index is 11.7. The second-order valence-electron chi connectivity index (χ2n) is 3.45. The standard InChI is InChI=1S/C10H15NO3S/c1-8(2)15(13,14)10-5-3-9(4-6-10)11-7-12/h3-6,8,11-12H,7H2,1-2H3. The second kappa shape index (κ2) is 4.63. The monoisotopic (exact) mass is 229 g/mol. The number of hydrogen-bond donors (Lipinski definition) is 2. The molecule has 84 valence electrons. The fourth-order valence-electron chi connectivity index (χ4n) is 1.13. The van der Waals surface area contributed by atoms with Gasteiger partial charge in [0.2, 0.25) is 0 Å². The van der Waals surface area contributed by atoms with Crippen LogP contribution in [0.3, 0.4) is 0 Å². The molecule has 0 atom stereocenters. The predicted molar refractivity (Wildman–Crippen MR) is 59.5 cm³/mol. The number of hydrogen-bond acceptors (Lipinski definition) is 4. The summed E-state index contributed by atoms with van der Waals surface area (Å²) in [6.07, 6.45) is 0. The summed E-state index contributed by atoms with van der Waals surface area (Å²) in [5.41, 5.74) is 0.695. The molecule has 0 aliphatic heterocycles. The maximum atomic E-state index is 11.7. The van der Waals surface area contributed by atoms with Crippen molar-refractivity contribution in [1.29, 1.82) is 0 Å². The molecule has 0 saturated heterocycles. The molecule has 2 N–H and O–H groups in total. The first-order valence-electron chi connectivity index (χ1n) is 4.67. The first-order chi connectivity index (χ1) is 6.98. The van der Waals surface area contributed by atoms with Crippen LogP contribution in [0.1, 0.15) is 13.8 Å². The third-order valence-electron chi connectivity index (χ3n) is 2.09. The minimum absolute atomic E-state index is 0.170. The van der Waals surface area contributed by atoms with Crippen molar-refractivity contribution in [3.05, 3.63) is 24.3 Å². The van der Waals surface area contributed by atoms with E-state index >= 15 is 0 Å². The highest BCUT2D eigenvalue weighted by Gasteiger charge is 2.18. The SMILES string of the molecule is CC(C)S(=O)(=O)c1ccc(NCO)cc1. The number of aliphatic hydroxyl groups excluding tert-OH is 1. The quantitative estimate of drug-likeness (QED) is 0.762. The van der Waals surface area contributed by atoms with Crippen molar-refractivity contribution in [1.82, 2.24) is 0 Å². The topological polar surface area (TPSA) is 66.4 Å². The van der Waals surface area contributed by atoms with Gasteiger partial charge in [-0.05, 0) is 38.1 Å².